The number of rotatable bonds is 2. The predicted molar refractivity (Wildman–Crippen MR) is 111 cm³/mol. The number of hydrogen-bond donors (Lipinski definition) is 0. The highest BCUT2D eigenvalue weighted by atomic mass is 14.9. The van der Waals surface area contributed by atoms with Crippen LogP contribution in [0.1, 0.15) is 0 Å². The molecule has 0 aliphatic carbocycles. The van der Waals surface area contributed by atoms with Crippen molar-refractivity contribution in [2.24, 2.45) is 7.05 Å². The zero-order chi connectivity index (χ0) is 17.5. The van der Waals surface area contributed by atoms with Crippen molar-refractivity contribution in [3.63, 3.8) is 0 Å². The first-order valence-electron chi connectivity index (χ1n) is 8.94. The van der Waals surface area contributed by atoms with Crippen molar-refractivity contribution in [3.05, 3.63) is 97.1 Å². The summed E-state index contributed by atoms with van der Waals surface area (Å²) in [4.78, 5) is 0. The van der Waals surface area contributed by atoms with Crippen molar-refractivity contribution in [1.82, 2.24) is 4.57 Å². The van der Waals surface area contributed by atoms with Gasteiger partial charge in [0.05, 0.1) is 0 Å². The molecule has 0 N–H and O–H groups in total. The SMILES string of the molecule is Cn1c2ccc(-c3ccccc3)cc2c2cc(-c3ccccc3)ccc21. The van der Waals surface area contributed by atoms with Crippen LogP contribution in [0, 0.1) is 0 Å². The van der Waals surface area contributed by atoms with Crippen LogP contribution >= 0.6 is 0 Å². The van der Waals surface area contributed by atoms with Crippen LogP contribution in [0.3, 0.4) is 0 Å². The van der Waals surface area contributed by atoms with Crippen LogP contribution in [0.2, 0.25) is 0 Å². The van der Waals surface area contributed by atoms with E-state index in [-0.39, 0.29) is 0 Å². The highest BCUT2D eigenvalue weighted by Crippen LogP contribution is 2.34. The fourth-order valence-corrected chi connectivity index (χ4v) is 3.84. The maximum atomic E-state index is 2.32. The Kier molecular flexibility index (Phi) is 3.39. The first-order chi connectivity index (χ1) is 12.8. The molecule has 0 bridgehead atoms. The monoisotopic (exact) mass is 333 g/mol. The second-order valence-corrected chi connectivity index (χ2v) is 6.75. The standard InChI is InChI=1S/C25H19N/c1-26-24-14-12-20(18-8-4-2-5-9-18)16-22(24)23-17-21(13-15-25(23)26)19-10-6-3-7-11-19/h2-17H,1H3. The Bertz CT molecular complexity index is 1120. The molecule has 0 atom stereocenters. The Morgan fingerprint density at radius 2 is 0.885 bits per heavy atom. The summed E-state index contributed by atoms with van der Waals surface area (Å²) in [5.41, 5.74) is 7.57. The summed E-state index contributed by atoms with van der Waals surface area (Å²) in [6.45, 7) is 0. The summed E-state index contributed by atoms with van der Waals surface area (Å²) in [5, 5.41) is 2.61. The van der Waals surface area contributed by atoms with E-state index < -0.39 is 0 Å². The number of benzene rings is 4. The third kappa shape index (κ3) is 2.33. The van der Waals surface area contributed by atoms with Gasteiger partial charge in [0.15, 0.2) is 0 Å². The lowest BCUT2D eigenvalue weighted by Gasteiger charge is -2.03. The highest BCUT2D eigenvalue weighted by Gasteiger charge is 2.10. The molecule has 4 aromatic carbocycles. The molecule has 0 saturated carbocycles. The van der Waals surface area contributed by atoms with E-state index in [9.17, 15) is 0 Å². The molecule has 0 fully saturated rings. The van der Waals surface area contributed by atoms with Crippen molar-refractivity contribution in [1.29, 1.82) is 0 Å². The second-order valence-electron chi connectivity index (χ2n) is 6.75. The van der Waals surface area contributed by atoms with Gasteiger partial charge in [-0.2, -0.15) is 0 Å². The van der Waals surface area contributed by atoms with Crippen molar-refractivity contribution >= 4 is 21.8 Å². The van der Waals surface area contributed by atoms with Gasteiger partial charge in [-0.1, -0.05) is 72.8 Å². The smallest absolute Gasteiger partial charge is 0.0489 e. The number of aromatic nitrogens is 1. The van der Waals surface area contributed by atoms with Gasteiger partial charge in [-0.15, -0.1) is 0 Å². The summed E-state index contributed by atoms with van der Waals surface area (Å²) in [7, 11) is 2.15. The van der Waals surface area contributed by atoms with Gasteiger partial charge in [0.2, 0.25) is 0 Å². The summed E-state index contributed by atoms with van der Waals surface area (Å²) in [6.07, 6.45) is 0. The first kappa shape index (κ1) is 15.0. The minimum atomic E-state index is 1.26. The molecule has 0 aliphatic heterocycles. The molecule has 0 radical (unpaired) electrons. The van der Waals surface area contributed by atoms with Gasteiger partial charge in [-0.05, 0) is 46.5 Å². The molecule has 0 unspecified atom stereocenters. The third-order valence-corrected chi connectivity index (χ3v) is 5.22. The zero-order valence-corrected chi connectivity index (χ0v) is 14.7. The van der Waals surface area contributed by atoms with E-state index in [0.717, 1.165) is 0 Å². The molecule has 1 heterocycles. The van der Waals surface area contributed by atoms with Gasteiger partial charge in [0.25, 0.3) is 0 Å². The van der Waals surface area contributed by atoms with Gasteiger partial charge >= 0.3 is 0 Å². The van der Waals surface area contributed by atoms with E-state index in [1.165, 1.54) is 44.1 Å². The average Bonchev–Trinajstić information content (AvgIpc) is 3.01. The molecule has 0 aliphatic rings. The van der Waals surface area contributed by atoms with Crippen LogP contribution in [-0.2, 0) is 7.05 Å². The van der Waals surface area contributed by atoms with Gasteiger partial charge < -0.3 is 4.57 Å². The normalized spacial score (nSPS) is 11.3. The number of nitrogens with zero attached hydrogens (tertiary/aromatic N) is 1. The van der Waals surface area contributed by atoms with Crippen LogP contribution in [0.15, 0.2) is 97.1 Å². The average molecular weight is 333 g/mol. The van der Waals surface area contributed by atoms with Gasteiger partial charge in [0, 0.05) is 28.9 Å². The van der Waals surface area contributed by atoms with Crippen LogP contribution in [-0.4, -0.2) is 4.57 Å². The fourth-order valence-electron chi connectivity index (χ4n) is 3.84. The predicted octanol–water partition coefficient (Wildman–Crippen LogP) is 6.67. The fraction of sp³-hybridized carbons (Fsp3) is 0.0400. The molecule has 0 spiro atoms. The summed E-state index contributed by atoms with van der Waals surface area (Å²) >= 11 is 0. The molecule has 5 rings (SSSR count). The Labute approximate surface area is 153 Å². The molecule has 1 heteroatoms. The molecule has 5 aromatic rings. The van der Waals surface area contributed by atoms with Gasteiger partial charge in [0.1, 0.15) is 0 Å². The van der Waals surface area contributed by atoms with Crippen molar-refractivity contribution < 1.29 is 0 Å². The van der Waals surface area contributed by atoms with E-state index in [2.05, 4.69) is 109 Å². The van der Waals surface area contributed by atoms with Crippen molar-refractivity contribution in [3.8, 4) is 22.3 Å². The van der Waals surface area contributed by atoms with Gasteiger partial charge in [-0.25, -0.2) is 0 Å². The Hall–Kier alpha value is -3.32. The summed E-state index contributed by atoms with van der Waals surface area (Å²) < 4.78 is 2.29. The Balaban J connectivity index is 1.78. The Morgan fingerprint density at radius 3 is 1.31 bits per heavy atom. The molecular weight excluding hydrogens is 314 g/mol. The maximum Gasteiger partial charge on any atom is 0.0489 e. The van der Waals surface area contributed by atoms with Crippen LogP contribution in [0.25, 0.3) is 44.1 Å². The number of aryl methyl sites for hydroxylation is 1. The lowest BCUT2D eigenvalue weighted by Crippen LogP contribution is -1.86. The van der Waals surface area contributed by atoms with E-state index in [0.29, 0.717) is 0 Å². The van der Waals surface area contributed by atoms with Crippen LogP contribution in [0.4, 0.5) is 0 Å². The molecule has 124 valence electrons. The van der Waals surface area contributed by atoms with Crippen molar-refractivity contribution in [2.75, 3.05) is 0 Å². The lowest BCUT2D eigenvalue weighted by atomic mass is 10.0. The maximum absolute atomic E-state index is 2.32. The van der Waals surface area contributed by atoms with E-state index in [4.69, 9.17) is 0 Å². The van der Waals surface area contributed by atoms with Crippen LogP contribution in [0.5, 0.6) is 0 Å². The Morgan fingerprint density at radius 1 is 0.462 bits per heavy atom. The van der Waals surface area contributed by atoms with Crippen molar-refractivity contribution in [2.45, 2.75) is 0 Å². The second kappa shape index (κ2) is 5.89. The van der Waals surface area contributed by atoms with E-state index in [1.807, 2.05) is 0 Å². The largest absolute Gasteiger partial charge is 0.344 e. The number of fused-ring (bicyclic) bond motifs is 3. The van der Waals surface area contributed by atoms with Crippen LogP contribution < -0.4 is 0 Å². The minimum Gasteiger partial charge on any atom is -0.344 e. The topological polar surface area (TPSA) is 4.93 Å². The third-order valence-electron chi connectivity index (χ3n) is 5.22. The molecule has 0 amide bonds. The molecule has 0 saturated heterocycles. The molecule has 1 aromatic heterocycles. The van der Waals surface area contributed by atoms with Gasteiger partial charge in [-0.3, -0.25) is 0 Å². The van der Waals surface area contributed by atoms with E-state index >= 15 is 0 Å². The molecule has 1 nitrogen and oxygen atoms in total. The summed E-state index contributed by atoms with van der Waals surface area (Å²) in [6, 6.07) is 34.7. The molecule has 26 heavy (non-hydrogen) atoms. The minimum absolute atomic E-state index is 1.26. The molecular formula is C25H19N. The highest BCUT2D eigenvalue weighted by molar-refractivity contribution is 6.10. The summed E-state index contributed by atoms with van der Waals surface area (Å²) in [5.74, 6) is 0. The number of hydrogen-bond acceptors (Lipinski definition) is 0. The quantitative estimate of drug-likeness (QED) is 0.340. The zero-order valence-electron chi connectivity index (χ0n) is 14.7. The first-order valence-corrected chi connectivity index (χ1v) is 8.94. The lowest BCUT2D eigenvalue weighted by molar-refractivity contribution is 1.01. The van der Waals surface area contributed by atoms with E-state index in [1.54, 1.807) is 0 Å².